The molecule has 1 aromatic carbocycles. The van der Waals surface area contributed by atoms with Crippen molar-refractivity contribution in [2.45, 2.75) is 38.8 Å². The molecule has 2 aliphatic heterocycles. The van der Waals surface area contributed by atoms with Crippen LogP contribution in [0, 0.1) is 6.92 Å². The van der Waals surface area contributed by atoms with Crippen LogP contribution in [0.2, 0.25) is 0 Å². The number of pyridine rings is 1. The zero-order valence-corrected chi connectivity index (χ0v) is 17.2. The molecule has 0 aliphatic carbocycles. The van der Waals surface area contributed by atoms with Crippen LogP contribution >= 0.6 is 0 Å². The molecule has 0 radical (unpaired) electrons. The molecule has 0 saturated carbocycles. The Labute approximate surface area is 168 Å². The summed E-state index contributed by atoms with van der Waals surface area (Å²) in [4.78, 5) is 9.32. The number of rotatable bonds is 6. The van der Waals surface area contributed by atoms with E-state index >= 15 is 0 Å². The Morgan fingerprint density at radius 3 is 2.54 bits per heavy atom. The van der Waals surface area contributed by atoms with Crippen molar-refractivity contribution >= 4 is 5.69 Å². The number of anilines is 1. The minimum absolute atomic E-state index is 0.270. The lowest BCUT2D eigenvalue weighted by molar-refractivity contribution is 0.0356. The maximum absolute atomic E-state index is 5.92. The second-order valence-electron chi connectivity index (χ2n) is 7.98. The van der Waals surface area contributed by atoms with Gasteiger partial charge in [-0.05, 0) is 57.0 Å². The lowest BCUT2D eigenvalue weighted by Gasteiger charge is -2.36. The van der Waals surface area contributed by atoms with Gasteiger partial charge in [0.1, 0.15) is 6.10 Å². The minimum atomic E-state index is 0.270. The molecular formula is C23H31N3O2. The van der Waals surface area contributed by atoms with Crippen molar-refractivity contribution in [1.82, 2.24) is 9.88 Å². The Hall–Kier alpha value is -2.11. The Bertz CT molecular complexity index is 781. The van der Waals surface area contributed by atoms with E-state index in [1.807, 2.05) is 12.3 Å². The maximum atomic E-state index is 5.92. The molecule has 0 unspecified atom stereocenters. The number of aromatic nitrogens is 1. The van der Waals surface area contributed by atoms with Gasteiger partial charge in [-0.15, -0.1) is 0 Å². The normalized spacial score (nSPS) is 18.7. The fraction of sp³-hybridized carbons (Fsp3) is 0.522. The van der Waals surface area contributed by atoms with Gasteiger partial charge in [0.25, 0.3) is 0 Å². The van der Waals surface area contributed by atoms with Crippen LogP contribution in [-0.4, -0.2) is 61.9 Å². The molecule has 2 aromatic rings. The van der Waals surface area contributed by atoms with Crippen molar-refractivity contribution in [1.29, 1.82) is 0 Å². The summed E-state index contributed by atoms with van der Waals surface area (Å²) in [5.74, 6) is 0.714. The third kappa shape index (κ3) is 4.15. The van der Waals surface area contributed by atoms with Crippen molar-refractivity contribution in [2.75, 3.05) is 44.8 Å². The summed E-state index contributed by atoms with van der Waals surface area (Å²) in [5.41, 5.74) is 4.97. The van der Waals surface area contributed by atoms with Crippen LogP contribution in [0.3, 0.4) is 0 Å². The zero-order chi connectivity index (χ0) is 19.5. The molecule has 1 aromatic heterocycles. The summed E-state index contributed by atoms with van der Waals surface area (Å²) in [6.45, 7) is 9.13. The van der Waals surface area contributed by atoms with E-state index in [4.69, 9.17) is 9.47 Å². The van der Waals surface area contributed by atoms with Crippen LogP contribution in [0.15, 0.2) is 36.5 Å². The highest BCUT2D eigenvalue weighted by atomic mass is 16.5. The first-order valence-corrected chi connectivity index (χ1v) is 10.4. The van der Waals surface area contributed by atoms with Gasteiger partial charge in [-0.25, -0.2) is 4.98 Å². The Kier molecular flexibility index (Phi) is 5.83. The fourth-order valence-electron chi connectivity index (χ4n) is 4.23. The van der Waals surface area contributed by atoms with Crippen LogP contribution in [0.1, 0.15) is 25.3 Å². The summed E-state index contributed by atoms with van der Waals surface area (Å²) in [6.07, 6.45) is 4.40. The summed E-state index contributed by atoms with van der Waals surface area (Å²) < 4.78 is 11.5. The fourth-order valence-corrected chi connectivity index (χ4v) is 4.23. The van der Waals surface area contributed by atoms with Crippen LogP contribution in [0.4, 0.5) is 5.69 Å². The highest BCUT2D eigenvalue weighted by Gasteiger charge is 2.25. The summed E-state index contributed by atoms with van der Waals surface area (Å²) in [6, 6.07) is 11.4. The predicted molar refractivity (Wildman–Crippen MR) is 113 cm³/mol. The summed E-state index contributed by atoms with van der Waals surface area (Å²) in [5, 5.41) is 0. The van der Waals surface area contributed by atoms with Gasteiger partial charge in [-0.2, -0.15) is 0 Å². The molecular weight excluding hydrogens is 350 g/mol. The summed E-state index contributed by atoms with van der Waals surface area (Å²) >= 11 is 0. The van der Waals surface area contributed by atoms with E-state index in [0.29, 0.717) is 11.9 Å². The number of likely N-dealkylation sites (N-methyl/N-ethyl adjacent to an activating group) is 1. The number of hydrogen-bond acceptors (Lipinski definition) is 5. The quantitative estimate of drug-likeness (QED) is 0.762. The number of likely N-dealkylation sites (tertiary alicyclic amines) is 1. The lowest BCUT2D eigenvalue weighted by atomic mass is 10.0. The van der Waals surface area contributed by atoms with E-state index in [1.54, 1.807) is 0 Å². The first-order chi connectivity index (χ1) is 13.6. The summed E-state index contributed by atoms with van der Waals surface area (Å²) in [7, 11) is 2.10. The van der Waals surface area contributed by atoms with Gasteiger partial charge in [0, 0.05) is 62.4 Å². The third-order valence-electron chi connectivity index (χ3n) is 5.88. The third-order valence-corrected chi connectivity index (χ3v) is 5.88. The van der Waals surface area contributed by atoms with Crippen molar-refractivity contribution in [3.8, 4) is 17.0 Å². The smallest absolute Gasteiger partial charge is 0.213 e. The van der Waals surface area contributed by atoms with Crippen LogP contribution in [-0.2, 0) is 4.74 Å². The van der Waals surface area contributed by atoms with E-state index in [1.165, 1.54) is 16.8 Å². The van der Waals surface area contributed by atoms with Crippen LogP contribution in [0.25, 0.3) is 11.1 Å². The Balaban J connectivity index is 1.52. The molecule has 3 heterocycles. The van der Waals surface area contributed by atoms with Crippen LogP contribution < -0.4 is 9.64 Å². The van der Waals surface area contributed by atoms with Crippen molar-refractivity contribution < 1.29 is 9.47 Å². The zero-order valence-electron chi connectivity index (χ0n) is 17.2. The lowest BCUT2D eigenvalue weighted by Crippen LogP contribution is -2.51. The van der Waals surface area contributed by atoms with Gasteiger partial charge in [0.2, 0.25) is 5.88 Å². The first kappa shape index (κ1) is 19.2. The van der Waals surface area contributed by atoms with Crippen molar-refractivity contribution in [2.24, 2.45) is 0 Å². The van der Waals surface area contributed by atoms with E-state index in [0.717, 1.165) is 51.3 Å². The van der Waals surface area contributed by atoms with Gasteiger partial charge in [-0.3, -0.25) is 4.90 Å². The predicted octanol–water partition coefficient (Wildman–Crippen LogP) is 3.76. The molecule has 0 atom stereocenters. The molecule has 0 amide bonds. The number of hydrogen-bond donors (Lipinski definition) is 0. The molecule has 5 nitrogen and oxygen atoms in total. The first-order valence-electron chi connectivity index (χ1n) is 10.4. The molecule has 0 N–H and O–H groups in total. The molecule has 0 bridgehead atoms. The Morgan fingerprint density at radius 2 is 1.89 bits per heavy atom. The SMILES string of the molecule is CCN(c1cc(-c2ccc(OC3CN(C)C3)nc2)ccc1C)C1CCOCC1. The highest BCUT2D eigenvalue weighted by Crippen LogP contribution is 2.31. The second kappa shape index (κ2) is 8.50. The largest absolute Gasteiger partial charge is 0.472 e. The van der Waals surface area contributed by atoms with Crippen molar-refractivity contribution in [3.63, 3.8) is 0 Å². The number of benzene rings is 1. The van der Waals surface area contributed by atoms with E-state index in [-0.39, 0.29) is 6.10 Å². The number of aryl methyl sites for hydroxylation is 1. The van der Waals surface area contributed by atoms with Gasteiger partial charge < -0.3 is 14.4 Å². The second-order valence-corrected chi connectivity index (χ2v) is 7.98. The molecule has 2 aliphatic rings. The standard InChI is InChI=1S/C23H31N3O2/c1-4-26(20-9-11-27-12-10-20)22-13-18(6-5-17(22)2)19-7-8-23(24-14-19)28-21-15-25(3)16-21/h5-8,13-14,20-21H,4,9-12,15-16H2,1-3H3. The van der Waals surface area contributed by atoms with Crippen LogP contribution in [0.5, 0.6) is 5.88 Å². The highest BCUT2D eigenvalue weighted by molar-refractivity contribution is 5.70. The van der Waals surface area contributed by atoms with Gasteiger partial charge in [-0.1, -0.05) is 12.1 Å². The maximum Gasteiger partial charge on any atom is 0.213 e. The molecule has 2 fully saturated rings. The number of nitrogens with zero attached hydrogens (tertiary/aromatic N) is 3. The van der Waals surface area contributed by atoms with Crippen molar-refractivity contribution in [3.05, 3.63) is 42.1 Å². The average Bonchev–Trinajstić information content (AvgIpc) is 2.70. The van der Waals surface area contributed by atoms with Gasteiger partial charge >= 0.3 is 0 Å². The molecule has 4 rings (SSSR count). The number of ether oxygens (including phenoxy) is 2. The average molecular weight is 382 g/mol. The topological polar surface area (TPSA) is 37.8 Å². The van der Waals surface area contributed by atoms with Gasteiger partial charge in [0.15, 0.2) is 0 Å². The molecule has 5 heteroatoms. The van der Waals surface area contributed by atoms with E-state index < -0.39 is 0 Å². The molecule has 2 saturated heterocycles. The minimum Gasteiger partial charge on any atom is -0.472 e. The monoisotopic (exact) mass is 381 g/mol. The molecule has 0 spiro atoms. The Morgan fingerprint density at radius 1 is 1.14 bits per heavy atom. The molecule has 150 valence electrons. The molecule has 28 heavy (non-hydrogen) atoms. The van der Waals surface area contributed by atoms with E-state index in [9.17, 15) is 0 Å². The van der Waals surface area contributed by atoms with E-state index in [2.05, 4.69) is 59.9 Å². The van der Waals surface area contributed by atoms with Gasteiger partial charge in [0.05, 0.1) is 0 Å².